The second kappa shape index (κ2) is 55.9. The summed E-state index contributed by atoms with van der Waals surface area (Å²) in [5.74, 6) is -0.184. The van der Waals surface area contributed by atoms with Gasteiger partial charge in [-0.1, -0.05) is 280 Å². The summed E-state index contributed by atoms with van der Waals surface area (Å²) in [6, 6.07) is -0.863. The molecule has 3 atom stereocenters. The number of quaternary nitrogens is 1. The van der Waals surface area contributed by atoms with Crippen LogP contribution in [0.2, 0.25) is 0 Å². The second-order valence-corrected chi connectivity index (χ2v) is 24.2. The highest BCUT2D eigenvalue weighted by Gasteiger charge is 2.27. The van der Waals surface area contributed by atoms with Gasteiger partial charge in [0.1, 0.15) is 13.2 Å². The summed E-state index contributed by atoms with van der Waals surface area (Å²) in [6.45, 7) is 4.80. The molecule has 8 nitrogen and oxygen atoms in total. The number of aliphatic hydroxyl groups excluding tert-OH is 1. The summed E-state index contributed by atoms with van der Waals surface area (Å²) in [5, 5.41) is 13.9. The van der Waals surface area contributed by atoms with Gasteiger partial charge in [0.25, 0.3) is 0 Å². The smallest absolute Gasteiger partial charge is 0.387 e. The van der Waals surface area contributed by atoms with Gasteiger partial charge >= 0.3 is 7.82 Å². The van der Waals surface area contributed by atoms with E-state index < -0.39 is 20.0 Å². The standard InChI is InChI=1S/C65H123N2O6P/c1-6-8-10-12-14-16-18-20-22-23-24-25-26-27-28-29-30-31-32-33-34-35-36-37-38-39-40-41-42-43-45-47-49-51-53-55-57-59-65(69)66-63(62-73-74(70,71)72-61-60-67(3,4)5)64(68)58-56-54-52-50-48-46-44-21-19-17-15-13-11-9-7-2/h18,20,23-24,26-27,48,50,56,58,63-64,68H,6-17,19,21-22,25,28-47,49,51-55,57,59-62H2,1-5H3,(H-,66,69,70,71)/p+1/b20-18-,24-23-,27-26-,50-48+,58-56+. The Bertz CT molecular complexity index is 1390. The van der Waals surface area contributed by atoms with E-state index in [1.165, 1.54) is 225 Å². The maximum absolute atomic E-state index is 13.0. The largest absolute Gasteiger partial charge is 0.472 e. The van der Waals surface area contributed by atoms with Gasteiger partial charge in [-0.25, -0.2) is 4.57 Å². The molecule has 0 saturated carbocycles. The van der Waals surface area contributed by atoms with Crippen molar-refractivity contribution in [1.29, 1.82) is 0 Å². The van der Waals surface area contributed by atoms with Gasteiger partial charge < -0.3 is 19.8 Å². The van der Waals surface area contributed by atoms with E-state index in [9.17, 15) is 19.4 Å². The molecule has 0 saturated heterocycles. The van der Waals surface area contributed by atoms with Crippen LogP contribution in [-0.2, 0) is 18.4 Å². The molecular weight excluding hydrogens is 936 g/mol. The Morgan fingerprint density at radius 3 is 1.18 bits per heavy atom. The minimum absolute atomic E-state index is 0.0564. The molecule has 3 N–H and O–H groups in total. The highest BCUT2D eigenvalue weighted by Crippen LogP contribution is 2.43. The van der Waals surface area contributed by atoms with Gasteiger partial charge in [0.15, 0.2) is 0 Å². The Hall–Kier alpha value is -1.80. The van der Waals surface area contributed by atoms with Gasteiger partial charge in [0.2, 0.25) is 5.91 Å². The normalized spacial score (nSPS) is 14.2. The molecule has 3 unspecified atom stereocenters. The van der Waals surface area contributed by atoms with Crippen LogP contribution in [0.4, 0.5) is 0 Å². The van der Waals surface area contributed by atoms with Crippen molar-refractivity contribution in [3.8, 4) is 0 Å². The Morgan fingerprint density at radius 2 is 0.784 bits per heavy atom. The maximum Gasteiger partial charge on any atom is 0.472 e. The number of unbranched alkanes of at least 4 members (excludes halogenated alkanes) is 37. The first-order valence-corrected chi connectivity index (χ1v) is 33.2. The van der Waals surface area contributed by atoms with E-state index in [4.69, 9.17) is 9.05 Å². The third kappa shape index (κ3) is 57.9. The molecule has 74 heavy (non-hydrogen) atoms. The summed E-state index contributed by atoms with van der Waals surface area (Å²) in [4.78, 5) is 23.3. The van der Waals surface area contributed by atoms with Gasteiger partial charge in [0, 0.05) is 6.42 Å². The second-order valence-electron chi connectivity index (χ2n) is 22.8. The quantitative estimate of drug-likeness (QED) is 0.0243. The van der Waals surface area contributed by atoms with Crippen LogP contribution in [0, 0.1) is 0 Å². The first-order chi connectivity index (χ1) is 36.0. The van der Waals surface area contributed by atoms with E-state index >= 15 is 0 Å². The third-order valence-electron chi connectivity index (χ3n) is 14.2. The summed E-state index contributed by atoms with van der Waals surface area (Å²) in [5.41, 5.74) is 0. The highest BCUT2D eigenvalue weighted by atomic mass is 31.2. The molecule has 1 amide bonds. The van der Waals surface area contributed by atoms with Gasteiger partial charge in [0.05, 0.1) is 39.9 Å². The Balaban J connectivity index is 3.97. The lowest BCUT2D eigenvalue weighted by Crippen LogP contribution is -2.45. The minimum Gasteiger partial charge on any atom is -0.387 e. The van der Waals surface area contributed by atoms with E-state index in [0.717, 1.165) is 51.4 Å². The van der Waals surface area contributed by atoms with Crippen LogP contribution < -0.4 is 5.32 Å². The number of allylic oxidation sites excluding steroid dienone is 9. The van der Waals surface area contributed by atoms with Crippen LogP contribution in [-0.4, -0.2) is 73.4 Å². The number of likely N-dealkylation sites (N-methyl/N-ethyl adjacent to an activating group) is 1. The number of nitrogens with zero attached hydrogens (tertiary/aromatic N) is 1. The number of phosphoric ester groups is 1. The number of rotatable bonds is 58. The number of phosphoric acid groups is 1. The van der Waals surface area contributed by atoms with Crippen molar-refractivity contribution in [1.82, 2.24) is 5.32 Å². The van der Waals surface area contributed by atoms with E-state index in [0.29, 0.717) is 17.4 Å². The lowest BCUT2D eigenvalue weighted by Gasteiger charge is -2.25. The van der Waals surface area contributed by atoms with Crippen molar-refractivity contribution in [2.75, 3.05) is 40.9 Å². The molecule has 0 aromatic rings. The third-order valence-corrected chi connectivity index (χ3v) is 15.2. The number of carbonyl (C=O) groups excluding carboxylic acids is 1. The zero-order chi connectivity index (χ0) is 54.2. The average molecular weight is 1060 g/mol. The molecule has 0 spiro atoms. The molecule has 9 heteroatoms. The van der Waals surface area contributed by atoms with Crippen LogP contribution in [0.15, 0.2) is 60.8 Å². The Morgan fingerprint density at radius 1 is 0.459 bits per heavy atom. The van der Waals surface area contributed by atoms with Crippen LogP contribution >= 0.6 is 7.82 Å². The van der Waals surface area contributed by atoms with Gasteiger partial charge in [-0.3, -0.25) is 13.8 Å². The monoisotopic (exact) mass is 1060 g/mol. The lowest BCUT2D eigenvalue weighted by molar-refractivity contribution is -0.870. The predicted octanol–water partition coefficient (Wildman–Crippen LogP) is 19.7. The summed E-state index contributed by atoms with van der Waals surface area (Å²) >= 11 is 0. The Kier molecular flexibility index (Phi) is 54.6. The fourth-order valence-corrected chi connectivity index (χ4v) is 9.98. The summed E-state index contributed by atoms with van der Waals surface area (Å²) in [6.07, 6.45) is 76.4. The zero-order valence-electron chi connectivity index (χ0n) is 49.6. The number of amides is 1. The predicted molar refractivity (Wildman–Crippen MR) is 323 cm³/mol. The molecule has 0 aliphatic rings. The number of nitrogens with one attached hydrogen (secondary N) is 1. The van der Waals surface area contributed by atoms with Crippen molar-refractivity contribution in [3.63, 3.8) is 0 Å². The summed E-state index contributed by atoms with van der Waals surface area (Å²) < 4.78 is 23.7. The molecule has 0 bridgehead atoms. The van der Waals surface area contributed by atoms with Crippen molar-refractivity contribution >= 4 is 13.7 Å². The van der Waals surface area contributed by atoms with Crippen LogP contribution in [0.5, 0.6) is 0 Å². The van der Waals surface area contributed by atoms with E-state index in [1.54, 1.807) is 6.08 Å². The van der Waals surface area contributed by atoms with Crippen molar-refractivity contribution in [3.05, 3.63) is 60.8 Å². The van der Waals surface area contributed by atoms with Gasteiger partial charge in [-0.15, -0.1) is 0 Å². The average Bonchev–Trinajstić information content (AvgIpc) is 3.36. The first-order valence-electron chi connectivity index (χ1n) is 31.7. The zero-order valence-corrected chi connectivity index (χ0v) is 50.5. The highest BCUT2D eigenvalue weighted by molar-refractivity contribution is 7.47. The van der Waals surface area contributed by atoms with Crippen molar-refractivity contribution in [2.24, 2.45) is 0 Å². The van der Waals surface area contributed by atoms with Crippen molar-refractivity contribution < 1.29 is 32.9 Å². The molecule has 434 valence electrons. The van der Waals surface area contributed by atoms with Gasteiger partial charge in [-0.2, -0.15) is 0 Å². The van der Waals surface area contributed by atoms with Gasteiger partial charge in [-0.05, 0) is 70.6 Å². The van der Waals surface area contributed by atoms with E-state index in [-0.39, 0.29) is 19.1 Å². The molecule has 0 fully saturated rings. The lowest BCUT2D eigenvalue weighted by atomic mass is 10.0. The van der Waals surface area contributed by atoms with Crippen molar-refractivity contribution in [2.45, 2.75) is 309 Å². The topological polar surface area (TPSA) is 105 Å². The SMILES string of the molecule is CCCCCCC/C=C\C/C=C\C/C=C\CCCCCCCCCCCCCCCCCCCCCCCCC(=O)NC(COP(=O)(O)OCC[N+](C)(C)C)C(O)/C=C/CC/C=C/CCCCCCCCCCC. The molecule has 0 aliphatic heterocycles. The molecule has 0 aromatic heterocycles. The summed E-state index contributed by atoms with van der Waals surface area (Å²) in [7, 11) is 1.56. The first kappa shape index (κ1) is 72.2. The fraction of sp³-hybridized carbons (Fsp3) is 0.831. The molecule has 0 aromatic carbocycles. The number of hydrogen-bond acceptors (Lipinski definition) is 5. The van der Waals surface area contributed by atoms with Crippen LogP contribution in [0.3, 0.4) is 0 Å². The molecule has 0 aliphatic carbocycles. The molecule has 0 rings (SSSR count). The minimum atomic E-state index is -4.35. The van der Waals surface area contributed by atoms with E-state index in [1.807, 2.05) is 27.2 Å². The molecular formula is C65H124N2O6P+. The van der Waals surface area contributed by atoms with Crippen LogP contribution in [0.1, 0.15) is 296 Å². The Labute approximate surface area is 460 Å². The van der Waals surface area contributed by atoms with E-state index in [2.05, 4.69) is 67.8 Å². The molecule has 0 heterocycles. The van der Waals surface area contributed by atoms with Crippen LogP contribution in [0.25, 0.3) is 0 Å². The fourth-order valence-electron chi connectivity index (χ4n) is 9.24. The number of hydrogen-bond donors (Lipinski definition) is 3. The number of carbonyl (C=O) groups is 1. The number of aliphatic hydroxyl groups is 1. The molecule has 0 radical (unpaired) electrons. The maximum atomic E-state index is 13.0.